The third kappa shape index (κ3) is 5.08. The lowest BCUT2D eigenvalue weighted by atomic mass is 9.73. The first-order valence-electron chi connectivity index (χ1n) is 13.4. The minimum absolute atomic E-state index is 0.623. The highest BCUT2D eigenvalue weighted by atomic mass is 16.6. The highest BCUT2D eigenvalue weighted by molar-refractivity contribution is 6.06. The van der Waals surface area contributed by atoms with Gasteiger partial charge in [-0.25, -0.2) is 0 Å². The van der Waals surface area contributed by atoms with E-state index in [-0.39, 0.29) is 0 Å². The molecule has 0 unspecified atom stereocenters. The predicted molar refractivity (Wildman–Crippen MR) is 143 cm³/mol. The fraction of sp³-hybridized carbons (Fsp3) is 0.867. The Hall–Kier alpha value is -2.12. The fourth-order valence-corrected chi connectivity index (χ4v) is 6.46. The molecule has 0 aromatic rings. The number of hydrogen-bond acceptors (Lipinski definition) is 8. The summed E-state index contributed by atoms with van der Waals surface area (Å²) in [5, 5.41) is 0. The van der Waals surface area contributed by atoms with E-state index < -0.39 is 79.8 Å². The summed E-state index contributed by atoms with van der Waals surface area (Å²) in [5.41, 5.74) is -9.17. The maximum Gasteiger partial charge on any atom is 0.315 e. The zero-order valence-electron chi connectivity index (χ0n) is 26.4. The van der Waals surface area contributed by atoms with E-state index in [0.29, 0.717) is 0 Å². The fourth-order valence-electron chi connectivity index (χ4n) is 6.46. The topological polar surface area (TPSA) is 105 Å². The van der Waals surface area contributed by atoms with Crippen molar-refractivity contribution in [3.63, 3.8) is 0 Å². The van der Waals surface area contributed by atoms with Gasteiger partial charge in [-0.05, 0) is 93.9 Å². The molecule has 0 saturated heterocycles. The molecule has 0 aliphatic heterocycles. The van der Waals surface area contributed by atoms with Crippen molar-refractivity contribution in [1.82, 2.24) is 0 Å². The summed E-state index contributed by atoms with van der Waals surface area (Å²) in [7, 11) is 0. The van der Waals surface area contributed by atoms with E-state index in [1.54, 1.807) is 111 Å². The minimum Gasteiger partial charge on any atom is -0.460 e. The summed E-state index contributed by atoms with van der Waals surface area (Å²) in [5.74, 6) is -4.80. The third-order valence-corrected chi connectivity index (χ3v) is 7.52. The van der Waals surface area contributed by atoms with Crippen LogP contribution in [0, 0.1) is 33.5 Å². The van der Waals surface area contributed by atoms with Crippen LogP contribution in [0.5, 0.6) is 0 Å². The third-order valence-electron chi connectivity index (χ3n) is 7.52. The predicted octanol–water partition coefficient (Wildman–Crippen LogP) is 5.64. The summed E-state index contributed by atoms with van der Waals surface area (Å²) < 4.78 is 23.4. The van der Waals surface area contributed by atoms with Crippen LogP contribution in [0.25, 0.3) is 0 Å². The molecule has 2 aliphatic rings. The van der Waals surface area contributed by atoms with Gasteiger partial charge in [0.05, 0.1) is 11.8 Å². The lowest BCUT2D eigenvalue weighted by molar-refractivity contribution is -0.186. The Kier molecular flexibility index (Phi) is 7.34. The monoisotopic (exact) mass is 538 g/mol. The molecule has 0 aromatic heterocycles. The summed E-state index contributed by atoms with van der Waals surface area (Å²) in [6, 6.07) is 0. The van der Waals surface area contributed by atoms with E-state index in [4.69, 9.17) is 18.9 Å². The van der Waals surface area contributed by atoms with Gasteiger partial charge < -0.3 is 18.9 Å². The van der Waals surface area contributed by atoms with Gasteiger partial charge in [-0.1, -0.05) is 27.7 Å². The van der Waals surface area contributed by atoms with Crippen LogP contribution in [0.3, 0.4) is 0 Å². The second-order valence-corrected chi connectivity index (χ2v) is 16.0. The van der Waals surface area contributed by atoms with Crippen LogP contribution in [0.15, 0.2) is 0 Å². The van der Waals surface area contributed by atoms with Crippen molar-refractivity contribution in [1.29, 1.82) is 0 Å². The summed E-state index contributed by atoms with van der Waals surface area (Å²) >= 11 is 0. The Morgan fingerprint density at radius 1 is 0.447 bits per heavy atom. The van der Waals surface area contributed by atoms with E-state index in [2.05, 4.69) is 0 Å². The summed E-state index contributed by atoms with van der Waals surface area (Å²) in [6.45, 7) is 27.8. The van der Waals surface area contributed by atoms with Crippen LogP contribution in [0.2, 0.25) is 0 Å². The van der Waals surface area contributed by atoms with Crippen molar-refractivity contribution in [3.8, 4) is 0 Å². The first kappa shape index (κ1) is 32.1. The van der Waals surface area contributed by atoms with Crippen LogP contribution in [0.4, 0.5) is 0 Å². The molecule has 0 amide bonds. The number of hydrogen-bond donors (Lipinski definition) is 0. The van der Waals surface area contributed by atoms with Crippen LogP contribution in [-0.4, -0.2) is 46.3 Å². The molecule has 0 heterocycles. The van der Waals surface area contributed by atoms with Crippen LogP contribution in [-0.2, 0) is 38.1 Å². The Labute approximate surface area is 228 Å². The number of esters is 4. The molecule has 2 aliphatic carbocycles. The molecule has 4 atom stereocenters. The van der Waals surface area contributed by atoms with Gasteiger partial charge in [0.2, 0.25) is 0 Å². The van der Waals surface area contributed by atoms with E-state index >= 15 is 0 Å². The van der Waals surface area contributed by atoms with Crippen LogP contribution < -0.4 is 0 Å². The van der Waals surface area contributed by atoms with Crippen molar-refractivity contribution < 1.29 is 38.1 Å². The average Bonchev–Trinajstić information content (AvgIpc) is 3.31. The molecular formula is C30H50O8. The number of ether oxygens (including phenoxy) is 4. The zero-order chi connectivity index (χ0) is 30.3. The Bertz CT molecular complexity index is 927. The molecule has 218 valence electrons. The van der Waals surface area contributed by atoms with Crippen LogP contribution >= 0.6 is 0 Å². The van der Waals surface area contributed by atoms with Crippen molar-refractivity contribution in [2.75, 3.05) is 0 Å². The molecule has 0 spiro atoms. The normalized spacial score (nSPS) is 30.1. The quantitative estimate of drug-likeness (QED) is 0.327. The standard InChI is InChI=1S/C30H50O8/c1-23(2,3)35-19(31)17-27(13,14)29(17,21(33)37-25(7,8)9)30(22(34)38-26(10,11)12)18(28(30,15)16)20(32)36-24(4,5)6/h17-18H,1-16H3/t17-,18-,29-,30-/m1/s1. The van der Waals surface area contributed by atoms with Gasteiger partial charge in [-0.15, -0.1) is 0 Å². The Morgan fingerprint density at radius 3 is 0.842 bits per heavy atom. The molecule has 0 bridgehead atoms. The minimum atomic E-state index is -1.73. The van der Waals surface area contributed by atoms with E-state index in [9.17, 15) is 19.2 Å². The van der Waals surface area contributed by atoms with E-state index in [0.717, 1.165) is 0 Å². The first-order chi connectivity index (χ1) is 16.5. The van der Waals surface area contributed by atoms with E-state index in [1.807, 2.05) is 0 Å². The van der Waals surface area contributed by atoms with Gasteiger partial charge in [-0.3, -0.25) is 19.2 Å². The Morgan fingerprint density at radius 2 is 0.658 bits per heavy atom. The zero-order valence-corrected chi connectivity index (χ0v) is 26.4. The van der Waals surface area contributed by atoms with Crippen molar-refractivity contribution in [3.05, 3.63) is 0 Å². The summed E-state index contributed by atoms with van der Waals surface area (Å²) in [6.07, 6.45) is 0. The van der Waals surface area contributed by atoms with Gasteiger partial charge >= 0.3 is 23.9 Å². The molecule has 8 nitrogen and oxygen atoms in total. The largest absolute Gasteiger partial charge is 0.460 e. The highest BCUT2D eigenvalue weighted by Gasteiger charge is 3.01. The lowest BCUT2D eigenvalue weighted by Gasteiger charge is -2.35. The van der Waals surface area contributed by atoms with Gasteiger partial charge in [0.25, 0.3) is 0 Å². The molecule has 2 fully saturated rings. The first-order valence-corrected chi connectivity index (χ1v) is 13.4. The average molecular weight is 539 g/mol. The SMILES string of the molecule is CC(C)(C)OC(=O)[C@@H]1C(C)(C)[C@@]1(C(=O)OC(C)(C)C)[C@@]1(C(=O)OC(C)(C)C)[C@H](C(=O)OC(C)(C)C)C1(C)C. The summed E-state index contributed by atoms with van der Waals surface area (Å²) in [4.78, 5) is 56.1. The van der Waals surface area contributed by atoms with Crippen molar-refractivity contribution >= 4 is 23.9 Å². The second-order valence-electron chi connectivity index (χ2n) is 16.0. The smallest absolute Gasteiger partial charge is 0.315 e. The molecule has 2 saturated carbocycles. The number of rotatable bonds is 5. The van der Waals surface area contributed by atoms with Gasteiger partial charge in [0.1, 0.15) is 33.2 Å². The molecule has 0 N–H and O–H groups in total. The number of carbonyl (C=O) groups excluding carboxylic acids is 4. The highest BCUT2D eigenvalue weighted by Crippen LogP contribution is 2.90. The van der Waals surface area contributed by atoms with Gasteiger partial charge in [0.15, 0.2) is 0 Å². The van der Waals surface area contributed by atoms with E-state index in [1.165, 1.54) is 0 Å². The second kappa shape index (κ2) is 8.69. The Balaban J connectivity index is 2.91. The van der Waals surface area contributed by atoms with Gasteiger partial charge in [0, 0.05) is 0 Å². The molecule has 0 radical (unpaired) electrons. The molecule has 38 heavy (non-hydrogen) atoms. The molecule has 2 rings (SSSR count). The van der Waals surface area contributed by atoms with Crippen LogP contribution in [0.1, 0.15) is 111 Å². The number of carbonyl (C=O) groups is 4. The molecule has 8 heteroatoms. The van der Waals surface area contributed by atoms with Crippen molar-refractivity contribution in [2.24, 2.45) is 33.5 Å². The van der Waals surface area contributed by atoms with Gasteiger partial charge in [-0.2, -0.15) is 0 Å². The maximum absolute atomic E-state index is 14.3. The molecule has 0 aromatic carbocycles. The van der Waals surface area contributed by atoms with Crippen molar-refractivity contribution in [2.45, 2.75) is 133 Å². The molecular weight excluding hydrogens is 488 g/mol. The maximum atomic E-state index is 14.3. The lowest BCUT2D eigenvalue weighted by Crippen LogP contribution is -2.48.